The van der Waals surface area contributed by atoms with Gasteiger partial charge in [-0.1, -0.05) is 5.92 Å². The van der Waals surface area contributed by atoms with Gasteiger partial charge >= 0.3 is 5.95 Å². The van der Waals surface area contributed by atoms with Crippen LogP contribution in [0.2, 0.25) is 0 Å². The topological polar surface area (TPSA) is 99.4 Å². The lowest BCUT2D eigenvalue weighted by atomic mass is 10.3. The van der Waals surface area contributed by atoms with E-state index >= 15 is 0 Å². The fraction of sp³-hybridized carbons (Fsp3) is 0.250. The lowest BCUT2D eigenvalue weighted by Gasteiger charge is -2.21. The Labute approximate surface area is 79.3 Å². The van der Waals surface area contributed by atoms with Gasteiger partial charge in [0.2, 0.25) is 17.3 Å². The van der Waals surface area contributed by atoms with Crippen LogP contribution in [0.4, 0.5) is 0 Å². The van der Waals surface area contributed by atoms with Gasteiger partial charge in [0.1, 0.15) is 6.61 Å². The lowest BCUT2D eigenvalue weighted by molar-refractivity contribution is -0.140. The zero-order chi connectivity index (χ0) is 10.7. The Morgan fingerprint density at radius 1 is 1.29 bits per heavy atom. The molecule has 0 aromatic rings. The predicted octanol–water partition coefficient (Wildman–Crippen LogP) is 0.605. The van der Waals surface area contributed by atoms with Gasteiger partial charge in [-0.25, -0.2) is 0 Å². The molecule has 6 nitrogen and oxygen atoms in total. The number of rotatable bonds is 2. The molecule has 0 fully saturated rings. The standard InChI is InChI=1S/C8H8O6/c1-2-3-13-8-6(11)4(9)5(10)7(12)14-8/h1,8-12H,3H2. The molecular weight excluding hydrogens is 192 g/mol. The fourth-order valence-corrected chi connectivity index (χ4v) is 0.784. The van der Waals surface area contributed by atoms with Crippen molar-refractivity contribution in [1.82, 2.24) is 0 Å². The molecule has 0 aliphatic carbocycles. The van der Waals surface area contributed by atoms with Crippen molar-refractivity contribution >= 4 is 0 Å². The Bertz CT molecular complexity index is 334. The molecule has 0 saturated carbocycles. The molecule has 1 unspecified atom stereocenters. The van der Waals surface area contributed by atoms with Crippen molar-refractivity contribution in [2.24, 2.45) is 0 Å². The van der Waals surface area contributed by atoms with Gasteiger partial charge in [-0.05, 0) is 0 Å². The maximum atomic E-state index is 9.16. The molecule has 1 atom stereocenters. The van der Waals surface area contributed by atoms with Gasteiger partial charge in [0, 0.05) is 0 Å². The molecule has 1 heterocycles. The third-order valence-electron chi connectivity index (χ3n) is 1.43. The average molecular weight is 200 g/mol. The van der Waals surface area contributed by atoms with Crippen LogP contribution in [0.15, 0.2) is 23.2 Å². The minimum Gasteiger partial charge on any atom is -0.503 e. The van der Waals surface area contributed by atoms with Crippen LogP contribution in [0.25, 0.3) is 0 Å². The van der Waals surface area contributed by atoms with Crippen LogP contribution in [0.3, 0.4) is 0 Å². The van der Waals surface area contributed by atoms with Crippen LogP contribution in [0.1, 0.15) is 0 Å². The van der Waals surface area contributed by atoms with Gasteiger partial charge in [0.05, 0.1) is 0 Å². The summed E-state index contributed by atoms with van der Waals surface area (Å²) in [6.07, 6.45) is 3.46. The number of terminal acetylenes is 1. The van der Waals surface area contributed by atoms with Crippen LogP contribution in [0, 0.1) is 12.3 Å². The van der Waals surface area contributed by atoms with Crippen LogP contribution in [-0.4, -0.2) is 33.3 Å². The van der Waals surface area contributed by atoms with Gasteiger partial charge in [0.25, 0.3) is 6.29 Å². The molecule has 1 aliphatic rings. The summed E-state index contributed by atoms with van der Waals surface area (Å²) in [5.41, 5.74) is 0. The van der Waals surface area contributed by atoms with Crippen molar-refractivity contribution in [2.45, 2.75) is 6.29 Å². The zero-order valence-corrected chi connectivity index (χ0v) is 6.97. The summed E-state index contributed by atoms with van der Waals surface area (Å²) >= 11 is 0. The molecule has 1 aliphatic heterocycles. The normalized spacial score (nSPS) is 21.8. The van der Waals surface area contributed by atoms with Crippen LogP contribution in [0.5, 0.6) is 0 Å². The molecule has 0 radical (unpaired) electrons. The van der Waals surface area contributed by atoms with E-state index in [9.17, 15) is 0 Å². The van der Waals surface area contributed by atoms with Gasteiger partial charge < -0.3 is 29.9 Å². The number of hydrogen-bond acceptors (Lipinski definition) is 6. The van der Waals surface area contributed by atoms with Crippen LogP contribution < -0.4 is 0 Å². The van der Waals surface area contributed by atoms with Crippen molar-refractivity contribution in [3.05, 3.63) is 23.2 Å². The third-order valence-corrected chi connectivity index (χ3v) is 1.43. The van der Waals surface area contributed by atoms with Gasteiger partial charge in [-0.2, -0.15) is 0 Å². The second kappa shape index (κ2) is 3.81. The van der Waals surface area contributed by atoms with E-state index in [0.29, 0.717) is 0 Å². The SMILES string of the molecule is C#CCOC1OC(O)=C(O)C(O)=C1O. The van der Waals surface area contributed by atoms with Crippen molar-refractivity contribution < 1.29 is 29.9 Å². The third kappa shape index (κ3) is 1.67. The smallest absolute Gasteiger partial charge is 0.327 e. The van der Waals surface area contributed by atoms with E-state index in [1.165, 1.54) is 0 Å². The van der Waals surface area contributed by atoms with Crippen molar-refractivity contribution in [1.29, 1.82) is 0 Å². The Kier molecular flexibility index (Phi) is 2.74. The molecule has 4 N–H and O–H groups in total. The van der Waals surface area contributed by atoms with Gasteiger partial charge in [-0.3, -0.25) is 0 Å². The Balaban J connectivity index is 2.83. The summed E-state index contributed by atoms with van der Waals surface area (Å²) in [5.74, 6) is -1.46. The van der Waals surface area contributed by atoms with E-state index in [1.807, 2.05) is 0 Å². The van der Waals surface area contributed by atoms with E-state index in [2.05, 4.69) is 10.7 Å². The molecule has 76 valence electrons. The first kappa shape index (κ1) is 10.1. The number of hydrogen-bond donors (Lipinski definition) is 4. The summed E-state index contributed by atoms with van der Waals surface area (Å²) in [4.78, 5) is 0. The molecule has 1 rings (SSSR count). The highest BCUT2D eigenvalue weighted by Crippen LogP contribution is 2.24. The summed E-state index contributed by atoms with van der Waals surface area (Å²) in [6.45, 7) is -0.184. The lowest BCUT2D eigenvalue weighted by Crippen LogP contribution is -2.26. The number of aliphatic hydroxyl groups is 4. The van der Waals surface area contributed by atoms with Crippen molar-refractivity contribution in [3.8, 4) is 12.3 Å². The van der Waals surface area contributed by atoms with Crippen LogP contribution >= 0.6 is 0 Å². The second-order valence-electron chi connectivity index (χ2n) is 2.35. The van der Waals surface area contributed by atoms with E-state index in [-0.39, 0.29) is 6.61 Å². The van der Waals surface area contributed by atoms with E-state index in [0.717, 1.165) is 0 Å². The largest absolute Gasteiger partial charge is 0.503 e. The average Bonchev–Trinajstić information content (AvgIpc) is 2.18. The van der Waals surface area contributed by atoms with E-state index in [4.69, 9.17) is 31.6 Å². The zero-order valence-electron chi connectivity index (χ0n) is 6.97. The summed E-state index contributed by atoms with van der Waals surface area (Å²) in [6, 6.07) is 0. The highest BCUT2D eigenvalue weighted by Gasteiger charge is 2.31. The number of ether oxygens (including phenoxy) is 2. The fourth-order valence-electron chi connectivity index (χ4n) is 0.784. The maximum Gasteiger partial charge on any atom is 0.327 e. The minimum absolute atomic E-state index is 0.184. The molecule has 0 aromatic heterocycles. The molecule has 14 heavy (non-hydrogen) atoms. The summed E-state index contributed by atoms with van der Waals surface area (Å²) < 4.78 is 9.18. The maximum absolute atomic E-state index is 9.16. The number of aliphatic hydroxyl groups excluding tert-OH is 4. The molecular formula is C8H8O6. The molecule has 0 aromatic carbocycles. The van der Waals surface area contributed by atoms with Crippen LogP contribution in [-0.2, 0) is 9.47 Å². The summed E-state index contributed by atoms with van der Waals surface area (Å²) in [7, 11) is 0. The van der Waals surface area contributed by atoms with E-state index < -0.39 is 29.5 Å². The molecule has 0 bridgehead atoms. The Hall–Kier alpha value is -2.00. The van der Waals surface area contributed by atoms with Crippen molar-refractivity contribution in [3.63, 3.8) is 0 Å². The molecule has 0 spiro atoms. The first-order valence-corrected chi connectivity index (χ1v) is 3.54. The van der Waals surface area contributed by atoms with Crippen molar-refractivity contribution in [2.75, 3.05) is 6.61 Å². The quantitative estimate of drug-likeness (QED) is 0.487. The first-order valence-electron chi connectivity index (χ1n) is 3.54. The highest BCUT2D eigenvalue weighted by molar-refractivity contribution is 5.25. The summed E-state index contributed by atoms with van der Waals surface area (Å²) in [5, 5.41) is 36.0. The first-order chi connectivity index (χ1) is 6.57. The monoisotopic (exact) mass is 200 g/mol. The minimum atomic E-state index is -1.41. The molecule has 0 saturated heterocycles. The molecule has 0 amide bonds. The second-order valence-corrected chi connectivity index (χ2v) is 2.35. The predicted molar refractivity (Wildman–Crippen MR) is 44.2 cm³/mol. The van der Waals surface area contributed by atoms with Gasteiger partial charge in [-0.15, -0.1) is 6.42 Å². The highest BCUT2D eigenvalue weighted by atomic mass is 16.7. The Morgan fingerprint density at radius 2 is 1.93 bits per heavy atom. The van der Waals surface area contributed by atoms with Gasteiger partial charge in [0.15, 0.2) is 0 Å². The Morgan fingerprint density at radius 3 is 2.50 bits per heavy atom. The molecule has 6 heteroatoms. The van der Waals surface area contributed by atoms with E-state index in [1.54, 1.807) is 0 Å².